The van der Waals surface area contributed by atoms with Crippen LogP contribution in [0.3, 0.4) is 0 Å². The molecule has 0 fully saturated rings. The van der Waals surface area contributed by atoms with E-state index in [4.69, 9.17) is 9.15 Å². The van der Waals surface area contributed by atoms with Crippen molar-refractivity contribution >= 4 is 22.8 Å². The summed E-state index contributed by atoms with van der Waals surface area (Å²) < 4.78 is 10.8. The van der Waals surface area contributed by atoms with Crippen LogP contribution in [0.15, 0.2) is 51.7 Å². The Bertz CT molecular complexity index is 1160. The number of rotatable bonds is 7. The number of ether oxygens (including phenoxy) is 1. The Labute approximate surface area is 181 Å². The van der Waals surface area contributed by atoms with Gasteiger partial charge in [0.1, 0.15) is 11.3 Å². The number of hydrogen-bond acceptors (Lipinski definition) is 5. The highest BCUT2D eigenvalue weighted by molar-refractivity contribution is 5.91. The molecule has 0 spiro atoms. The second-order valence-electron chi connectivity index (χ2n) is 7.89. The van der Waals surface area contributed by atoms with Crippen LogP contribution in [-0.4, -0.2) is 17.9 Å². The van der Waals surface area contributed by atoms with Gasteiger partial charge < -0.3 is 14.5 Å². The number of amides is 1. The van der Waals surface area contributed by atoms with Crippen molar-refractivity contribution in [2.24, 2.45) is 0 Å². The zero-order valence-corrected chi connectivity index (χ0v) is 18.3. The van der Waals surface area contributed by atoms with Crippen molar-refractivity contribution in [3.63, 3.8) is 0 Å². The van der Waals surface area contributed by atoms with Crippen LogP contribution in [0, 0.1) is 13.8 Å². The molecule has 0 aliphatic carbocycles. The zero-order valence-electron chi connectivity index (χ0n) is 18.3. The third-order valence-corrected chi connectivity index (χ3v) is 5.19. The topological polar surface area (TPSA) is 85.6 Å². The molecule has 3 rings (SSSR count). The van der Waals surface area contributed by atoms with Gasteiger partial charge in [0, 0.05) is 13.0 Å². The summed E-state index contributed by atoms with van der Waals surface area (Å²) in [6, 6.07) is 13.5. The van der Waals surface area contributed by atoms with E-state index in [2.05, 4.69) is 17.4 Å². The minimum Gasteiger partial charge on any atom is -0.426 e. The van der Waals surface area contributed by atoms with Gasteiger partial charge in [0.25, 0.3) is 0 Å². The van der Waals surface area contributed by atoms with Crippen molar-refractivity contribution in [3.05, 3.63) is 75.1 Å². The summed E-state index contributed by atoms with van der Waals surface area (Å²) in [5.74, 6) is -0.401. The predicted molar refractivity (Wildman–Crippen MR) is 119 cm³/mol. The van der Waals surface area contributed by atoms with Crippen molar-refractivity contribution in [3.8, 4) is 5.75 Å². The number of fused-ring (bicyclic) bond motifs is 1. The third kappa shape index (κ3) is 5.60. The standard InChI is InChI=1S/C25H27NO5/c1-15-12-21(30-18(4)27)24-17(3)20(25(29)31-22(24)13-15)14-23(28)26-16(2)10-11-19-8-6-5-7-9-19/h5-9,12-13,16H,10-11,14H2,1-4H3,(H,26,28)/t16-/m0/s1. The number of esters is 1. The third-order valence-electron chi connectivity index (χ3n) is 5.19. The molecular weight excluding hydrogens is 394 g/mol. The molecule has 162 valence electrons. The average molecular weight is 421 g/mol. The maximum absolute atomic E-state index is 12.6. The Balaban J connectivity index is 1.78. The first-order valence-electron chi connectivity index (χ1n) is 10.3. The van der Waals surface area contributed by atoms with Crippen molar-refractivity contribution in [2.45, 2.75) is 53.0 Å². The van der Waals surface area contributed by atoms with Gasteiger partial charge in [0.05, 0.1) is 17.4 Å². The Kier molecular flexibility index (Phi) is 6.90. The first-order valence-corrected chi connectivity index (χ1v) is 10.3. The minimum atomic E-state index is -0.559. The number of benzene rings is 2. The molecule has 1 atom stereocenters. The molecule has 1 amide bonds. The molecule has 2 aromatic carbocycles. The molecule has 6 nitrogen and oxygen atoms in total. The van der Waals surface area contributed by atoms with Crippen molar-refractivity contribution < 1.29 is 18.7 Å². The fourth-order valence-corrected chi connectivity index (χ4v) is 3.66. The second-order valence-corrected chi connectivity index (χ2v) is 7.89. The molecule has 0 unspecified atom stereocenters. The first kappa shape index (κ1) is 22.3. The van der Waals surface area contributed by atoms with Crippen molar-refractivity contribution in [2.75, 3.05) is 0 Å². The van der Waals surface area contributed by atoms with E-state index in [-0.39, 0.29) is 23.9 Å². The highest BCUT2D eigenvalue weighted by Crippen LogP contribution is 2.31. The summed E-state index contributed by atoms with van der Waals surface area (Å²) in [4.78, 5) is 36.7. The van der Waals surface area contributed by atoms with Crippen molar-refractivity contribution in [1.29, 1.82) is 0 Å². The molecule has 0 bridgehead atoms. The molecule has 0 saturated heterocycles. The largest absolute Gasteiger partial charge is 0.426 e. The molecule has 1 heterocycles. The van der Waals surface area contributed by atoms with Crippen LogP contribution >= 0.6 is 0 Å². The van der Waals surface area contributed by atoms with Gasteiger partial charge in [-0.2, -0.15) is 0 Å². The molecule has 6 heteroatoms. The number of carbonyl (C=O) groups is 2. The van der Waals surface area contributed by atoms with Gasteiger partial charge in [-0.3, -0.25) is 9.59 Å². The summed E-state index contributed by atoms with van der Waals surface area (Å²) in [7, 11) is 0. The van der Waals surface area contributed by atoms with Gasteiger partial charge in [0.2, 0.25) is 5.91 Å². The summed E-state index contributed by atoms with van der Waals surface area (Å²) >= 11 is 0. The van der Waals surface area contributed by atoms with Crippen LogP contribution in [0.1, 0.15) is 42.5 Å². The lowest BCUT2D eigenvalue weighted by molar-refractivity contribution is -0.131. The molecule has 1 N–H and O–H groups in total. The first-order chi connectivity index (χ1) is 14.7. The van der Waals surface area contributed by atoms with Gasteiger partial charge >= 0.3 is 11.6 Å². The lowest BCUT2D eigenvalue weighted by atomic mass is 10.0. The molecule has 3 aromatic rings. The maximum Gasteiger partial charge on any atom is 0.340 e. The van der Waals surface area contributed by atoms with Crippen LogP contribution in [-0.2, 0) is 22.4 Å². The fourth-order valence-electron chi connectivity index (χ4n) is 3.66. The van der Waals surface area contributed by atoms with E-state index in [1.54, 1.807) is 19.1 Å². The Morgan fingerprint density at radius 2 is 1.84 bits per heavy atom. The molecular formula is C25H27NO5. The fraction of sp³-hybridized carbons (Fsp3) is 0.320. The predicted octanol–water partition coefficient (Wildman–Crippen LogP) is 4.02. The Morgan fingerprint density at radius 1 is 1.13 bits per heavy atom. The number of nitrogens with one attached hydrogen (secondary N) is 1. The normalized spacial score (nSPS) is 11.9. The van der Waals surface area contributed by atoms with E-state index < -0.39 is 11.6 Å². The second kappa shape index (κ2) is 9.60. The molecule has 0 aliphatic heterocycles. The van der Waals surface area contributed by atoms with E-state index in [0.29, 0.717) is 22.3 Å². The lowest BCUT2D eigenvalue weighted by Gasteiger charge is -2.15. The molecule has 31 heavy (non-hydrogen) atoms. The lowest BCUT2D eigenvalue weighted by Crippen LogP contribution is -2.35. The van der Waals surface area contributed by atoms with E-state index in [9.17, 15) is 14.4 Å². The SMILES string of the molecule is CC(=O)Oc1cc(C)cc2oc(=O)c(CC(=O)N[C@@H](C)CCc3ccccc3)c(C)c12. The van der Waals surface area contributed by atoms with Gasteiger partial charge in [-0.1, -0.05) is 30.3 Å². The summed E-state index contributed by atoms with van der Waals surface area (Å²) in [5, 5.41) is 3.48. The minimum absolute atomic E-state index is 0.0419. The Morgan fingerprint density at radius 3 is 2.52 bits per heavy atom. The number of carbonyl (C=O) groups excluding carboxylic acids is 2. The Hall–Kier alpha value is -3.41. The quantitative estimate of drug-likeness (QED) is 0.354. The highest BCUT2D eigenvalue weighted by Gasteiger charge is 2.19. The average Bonchev–Trinajstić information content (AvgIpc) is 2.69. The van der Waals surface area contributed by atoms with Crippen molar-refractivity contribution in [1.82, 2.24) is 5.32 Å². The summed E-state index contributed by atoms with van der Waals surface area (Å²) in [6.07, 6.45) is 1.54. The summed E-state index contributed by atoms with van der Waals surface area (Å²) in [5.41, 5.74) is 2.62. The maximum atomic E-state index is 12.6. The van der Waals surface area contributed by atoms with Crippen LogP contribution < -0.4 is 15.7 Å². The van der Waals surface area contributed by atoms with E-state index in [0.717, 1.165) is 18.4 Å². The van der Waals surface area contributed by atoms with Crippen LogP contribution in [0.2, 0.25) is 0 Å². The summed E-state index contributed by atoms with van der Waals surface area (Å²) in [6.45, 7) is 6.81. The molecule has 0 saturated carbocycles. The highest BCUT2D eigenvalue weighted by atomic mass is 16.5. The monoisotopic (exact) mass is 421 g/mol. The van der Waals surface area contributed by atoms with Crippen LogP contribution in [0.25, 0.3) is 11.0 Å². The smallest absolute Gasteiger partial charge is 0.340 e. The van der Waals surface area contributed by atoms with Gasteiger partial charge in [-0.05, 0) is 62.4 Å². The van der Waals surface area contributed by atoms with Gasteiger partial charge in [0.15, 0.2) is 0 Å². The molecule has 1 aromatic heterocycles. The van der Waals surface area contributed by atoms with Crippen LogP contribution in [0.5, 0.6) is 5.75 Å². The van der Waals surface area contributed by atoms with Gasteiger partial charge in [-0.15, -0.1) is 0 Å². The van der Waals surface area contributed by atoms with Crippen LogP contribution in [0.4, 0.5) is 0 Å². The molecule has 0 radical (unpaired) electrons. The van der Waals surface area contributed by atoms with E-state index in [1.165, 1.54) is 12.5 Å². The number of aryl methyl sites for hydroxylation is 3. The van der Waals surface area contributed by atoms with E-state index in [1.807, 2.05) is 32.0 Å². The zero-order chi connectivity index (χ0) is 22.5. The van der Waals surface area contributed by atoms with Gasteiger partial charge in [-0.25, -0.2) is 4.79 Å². The molecule has 0 aliphatic rings. The van der Waals surface area contributed by atoms with E-state index >= 15 is 0 Å². The number of hydrogen-bond donors (Lipinski definition) is 1.